The molecule has 18 heavy (non-hydrogen) atoms. The molecule has 0 saturated heterocycles. The van der Waals surface area contributed by atoms with Crippen LogP contribution >= 0.6 is 0 Å². The van der Waals surface area contributed by atoms with Crippen LogP contribution in [0.1, 0.15) is 25.3 Å². The van der Waals surface area contributed by atoms with Gasteiger partial charge < -0.3 is 10.1 Å². The molecule has 0 unspecified atom stereocenters. The van der Waals surface area contributed by atoms with Gasteiger partial charge in [-0.3, -0.25) is 10.1 Å². The van der Waals surface area contributed by atoms with Gasteiger partial charge >= 0.3 is 5.69 Å². The monoisotopic (exact) mass is 250 g/mol. The lowest BCUT2D eigenvalue weighted by molar-refractivity contribution is -0.386. The Morgan fingerprint density at radius 2 is 2.22 bits per heavy atom. The van der Waals surface area contributed by atoms with Crippen LogP contribution in [-0.4, -0.2) is 23.6 Å². The number of rotatable bonds is 5. The molecule has 98 valence electrons. The van der Waals surface area contributed by atoms with Gasteiger partial charge in [0.05, 0.1) is 4.92 Å². The van der Waals surface area contributed by atoms with Gasteiger partial charge in [0.1, 0.15) is 6.10 Å². The Hall–Kier alpha value is -1.62. The number of benzene rings is 1. The second-order valence-electron chi connectivity index (χ2n) is 4.69. The lowest BCUT2D eigenvalue weighted by Gasteiger charge is -2.35. The first-order valence-electron chi connectivity index (χ1n) is 6.25. The molecule has 0 aromatic heterocycles. The van der Waals surface area contributed by atoms with E-state index in [1.54, 1.807) is 12.1 Å². The molecule has 0 bridgehead atoms. The lowest BCUT2D eigenvalue weighted by atomic mass is 9.89. The van der Waals surface area contributed by atoms with Gasteiger partial charge in [-0.1, -0.05) is 13.0 Å². The minimum absolute atomic E-state index is 0.0573. The molecule has 1 fully saturated rings. The highest BCUT2D eigenvalue weighted by atomic mass is 16.6. The fourth-order valence-corrected chi connectivity index (χ4v) is 2.17. The smallest absolute Gasteiger partial charge is 0.311 e. The molecule has 0 atom stereocenters. The van der Waals surface area contributed by atoms with Crippen LogP contribution in [0.3, 0.4) is 0 Å². The van der Waals surface area contributed by atoms with Crippen molar-refractivity contribution in [2.45, 2.75) is 38.8 Å². The molecule has 0 spiro atoms. The van der Waals surface area contributed by atoms with E-state index < -0.39 is 0 Å². The topological polar surface area (TPSA) is 64.4 Å². The number of ether oxygens (including phenoxy) is 1. The normalized spacial score (nSPS) is 22.3. The number of nitro benzene ring substituents is 1. The van der Waals surface area contributed by atoms with E-state index in [2.05, 4.69) is 12.2 Å². The average Bonchev–Trinajstić information content (AvgIpc) is 2.28. The minimum atomic E-state index is -0.386. The van der Waals surface area contributed by atoms with Crippen LogP contribution in [0.15, 0.2) is 18.2 Å². The number of nitro groups is 1. The van der Waals surface area contributed by atoms with Crippen LogP contribution in [0, 0.1) is 17.0 Å². The quantitative estimate of drug-likeness (QED) is 0.644. The third-order valence-electron chi connectivity index (χ3n) is 3.19. The van der Waals surface area contributed by atoms with Crippen molar-refractivity contribution in [3.05, 3.63) is 33.9 Å². The molecular weight excluding hydrogens is 232 g/mol. The van der Waals surface area contributed by atoms with Gasteiger partial charge in [-0.05, 0) is 37.9 Å². The van der Waals surface area contributed by atoms with Crippen LogP contribution in [0.25, 0.3) is 0 Å². The van der Waals surface area contributed by atoms with Crippen molar-refractivity contribution in [2.24, 2.45) is 0 Å². The standard InChI is InChI=1S/C13H18N2O3/c1-3-14-10-7-11(8-10)18-13-5-4-9(2)6-12(13)15(16)17/h4-6,10-11,14H,3,7-8H2,1-2H3. The maximum Gasteiger partial charge on any atom is 0.311 e. The molecule has 1 N–H and O–H groups in total. The lowest BCUT2D eigenvalue weighted by Crippen LogP contribution is -2.46. The third-order valence-corrected chi connectivity index (χ3v) is 3.19. The molecular formula is C13H18N2O3. The molecule has 0 radical (unpaired) electrons. The van der Waals surface area contributed by atoms with E-state index in [9.17, 15) is 10.1 Å². The van der Waals surface area contributed by atoms with Crippen LogP contribution in [0.5, 0.6) is 5.75 Å². The Bertz CT molecular complexity index is 442. The molecule has 0 aliphatic heterocycles. The predicted molar refractivity (Wildman–Crippen MR) is 68.9 cm³/mol. The van der Waals surface area contributed by atoms with Crippen molar-refractivity contribution in [3.63, 3.8) is 0 Å². The van der Waals surface area contributed by atoms with Crippen LogP contribution in [-0.2, 0) is 0 Å². The minimum Gasteiger partial charge on any atom is -0.483 e. The molecule has 1 aromatic carbocycles. The first kappa shape index (κ1) is 12.8. The Morgan fingerprint density at radius 1 is 1.50 bits per heavy atom. The van der Waals surface area contributed by atoms with E-state index in [4.69, 9.17) is 4.74 Å². The van der Waals surface area contributed by atoms with Gasteiger partial charge in [-0.15, -0.1) is 0 Å². The summed E-state index contributed by atoms with van der Waals surface area (Å²) in [5, 5.41) is 14.3. The Labute approximate surface area is 106 Å². The van der Waals surface area contributed by atoms with Gasteiger partial charge in [0, 0.05) is 12.1 Å². The van der Waals surface area contributed by atoms with Crippen LogP contribution in [0.4, 0.5) is 5.69 Å². The molecule has 1 aliphatic carbocycles. The summed E-state index contributed by atoms with van der Waals surface area (Å²) >= 11 is 0. The highest BCUT2D eigenvalue weighted by Crippen LogP contribution is 2.32. The van der Waals surface area contributed by atoms with E-state index in [0.29, 0.717) is 11.8 Å². The van der Waals surface area contributed by atoms with E-state index in [0.717, 1.165) is 24.9 Å². The number of hydrogen-bond donors (Lipinski definition) is 1. The van der Waals surface area contributed by atoms with Gasteiger partial charge in [0.25, 0.3) is 0 Å². The summed E-state index contributed by atoms with van der Waals surface area (Å²) < 4.78 is 5.69. The van der Waals surface area contributed by atoms with Gasteiger partial charge in [0.15, 0.2) is 5.75 Å². The molecule has 1 saturated carbocycles. The first-order chi connectivity index (χ1) is 8.60. The van der Waals surface area contributed by atoms with Gasteiger partial charge in [-0.25, -0.2) is 0 Å². The van der Waals surface area contributed by atoms with Crippen LogP contribution < -0.4 is 10.1 Å². The zero-order valence-corrected chi connectivity index (χ0v) is 10.7. The Kier molecular flexibility index (Phi) is 3.81. The molecule has 1 aliphatic rings. The van der Waals surface area contributed by atoms with Crippen molar-refractivity contribution >= 4 is 5.69 Å². The summed E-state index contributed by atoms with van der Waals surface area (Å²) in [6.07, 6.45) is 1.92. The van der Waals surface area contributed by atoms with E-state index in [1.165, 1.54) is 0 Å². The SMILES string of the molecule is CCNC1CC(Oc2ccc(C)cc2[N+](=O)[O-])C1. The van der Waals surface area contributed by atoms with Crippen LogP contribution in [0.2, 0.25) is 0 Å². The van der Waals surface area contributed by atoms with E-state index in [1.807, 2.05) is 13.0 Å². The molecule has 0 amide bonds. The second kappa shape index (κ2) is 5.35. The summed E-state index contributed by atoms with van der Waals surface area (Å²) in [5.74, 6) is 0.380. The highest BCUT2D eigenvalue weighted by Gasteiger charge is 2.31. The Morgan fingerprint density at radius 3 is 2.83 bits per heavy atom. The zero-order valence-electron chi connectivity index (χ0n) is 10.7. The molecule has 2 rings (SSSR count). The maximum absolute atomic E-state index is 10.9. The van der Waals surface area contributed by atoms with Crippen molar-refractivity contribution in [1.82, 2.24) is 5.32 Å². The zero-order chi connectivity index (χ0) is 13.1. The van der Waals surface area contributed by atoms with E-state index in [-0.39, 0.29) is 16.7 Å². The summed E-state index contributed by atoms with van der Waals surface area (Å²) in [6.45, 7) is 4.85. The summed E-state index contributed by atoms with van der Waals surface area (Å²) in [7, 11) is 0. The molecule has 5 nitrogen and oxygen atoms in total. The average molecular weight is 250 g/mol. The second-order valence-corrected chi connectivity index (χ2v) is 4.69. The van der Waals surface area contributed by atoms with Gasteiger partial charge in [0.2, 0.25) is 0 Å². The molecule has 0 heterocycles. The third kappa shape index (κ3) is 2.79. The molecule has 1 aromatic rings. The largest absolute Gasteiger partial charge is 0.483 e. The summed E-state index contributed by atoms with van der Waals surface area (Å²) in [5.41, 5.74) is 0.926. The van der Waals surface area contributed by atoms with Crippen molar-refractivity contribution in [1.29, 1.82) is 0 Å². The summed E-state index contributed by atoms with van der Waals surface area (Å²) in [4.78, 5) is 10.6. The number of aryl methyl sites for hydroxylation is 1. The van der Waals surface area contributed by atoms with E-state index >= 15 is 0 Å². The van der Waals surface area contributed by atoms with Crippen molar-refractivity contribution in [3.8, 4) is 5.75 Å². The van der Waals surface area contributed by atoms with Crippen molar-refractivity contribution < 1.29 is 9.66 Å². The first-order valence-corrected chi connectivity index (χ1v) is 6.25. The fraction of sp³-hybridized carbons (Fsp3) is 0.538. The Balaban J connectivity index is 2.00. The molecule has 5 heteroatoms. The number of nitrogens with one attached hydrogen (secondary N) is 1. The summed E-state index contributed by atoms with van der Waals surface area (Å²) in [6, 6.07) is 5.57. The van der Waals surface area contributed by atoms with Gasteiger partial charge in [-0.2, -0.15) is 0 Å². The number of hydrogen-bond acceptors (Lipinski definition) is 4. The van der Waals surface area contributed by atoms with Crippen molar-refractivity contribution in [2.75, 3.05) is 6.54 Å². The fourth-order valence-electron chi connectivity index (χ4n) is 2.17. The highest BCUT2D eigenvalue weighted by molar-refractivity contribution is 5.48. The predicted octanol–water partition coefficient (Wildman–Crippen LogP) is 2.42. The maximum atomic E-state index is 10.9. The number of nitrogens with zero attached hydrogens (tertiary/aromatic N) is 1.